The molecule has 0 radical (unpaired) electrons. The van der Waals surface area contributed by atoms with E-state index >= 15 is 0 Å². The average Bonchev–Trinajstić information content (AvgIpc) is 2.56. The molecule has 21 heavy (non-hydrogen) atoms. The van der Waals surface area contributed by atoms with Crippen LogP contribution in [0.3, 0.4) is 0 Å². The average molecular weight is 293 g/mol. The molecule has 0 aliphatic carbocycles. The Morgan fingerprint density at radius 3 is 2.24 bits per heavy atom. The van der Waals surface area contributed by atoms with Crippen LogP contribution in [0.1, 0.15) is 24.4 Å². The second-order valence-electron chi connectivity index (χ2n) is 4.84. The van der Waals surface area contributed by atoms with E-state index in [0.717, 1.165) is 30.8 Å². The van der Waals surface area contributed by atoms with Crippen molar-refractivity contribution in [2.24, 2.45) is 0 Å². The molecule has 0 saturated heterocycles. The highest BCUT2D eigenvalue weighted by Gasteiger charge is 2.23. The first-order valence-electron chi connectivity index (χ1n) is 7.02. The van der Waals surface area contributed by atoms with E-state index in [4.69, 9.17) is 18.9 Å². The Kier molecular flexibility index (Phi) is 5.33. The van der Waals surface area contributed by atoms with Gasteiger partial charge >= 0.3 is 0 Å². The molecular weight excluding hydrogens is 270 g/mol. The summed E-state index contributed by atoms with van der Waals surface area (Å²) in [7, 11) is 6.83. The van der Waals surface area contributed by atoms with Crippen molar-refractivity contribution < 1.29 is 18.9 Å². The van der Waals surface area contributed by atoms with Crippen LogP contribution in [0.15, 0.2) is 24.0 Å². The summed E-state index contributed by atoms with van der Waals surface area (Å²) < 4.78 is 21.7. The van der Waals surface area contributed by atoms with Crippen molar-refractivity contribution in [3.63, 3.8) is 0 Å². The molecule has 0 bridgehead atoms. The van der Waals surface area contributed by atoms with Crippen molar-refractivity contribution in [3.05, 3.63) is 29.5 Å². The molecule has 1 unspecified atom stereocenters. The number of ether oxygens (including phenoxy) is 4. The first-order valence-corrected chi connectivity index (χ1v) is 7.02. The highest BCUT2D eigenvalue weighted by molar-refractivity contribution is 5.53. The summed E-state index contributed by atoms with van der Waals surface area (Å²) in [6, 6.07) is 3.83. The van der Waals surface area contributed by atoms with Gasteiger partial charge in [-0.3, -0.25) is 0 Å². The van der Waals surface area contributed by atoms with Crippen LogP contribution in [-0.2, 0) is 4.74 Å². The van der Waals surface area contributed by atoms with Crippen molar-refractivity contribution in [2.45, 2.75) is 18.9 Å². The maximum atomic E-state index is 5.52. The van der Waals surface area contributed by atoms with Crippen molar-refractivity contribution >= 4 is 0 Å². The topological polar surface area (TPSA) is 49.0 Å². The van der Waals surface area contributed by atoms with Crippen LogP contribution < -0.4 is 19.5 Å². The minimum absolute atomic E-state index is 0.0278. The molecule has 5 heteroatoms. The van der Waals surface area contributed by atoms with Gasteiger partial charge in [-0.25, -0.2) is 0 Å². The van der Waals surface area contributed by atoms with Gasteiger partial charge in [0, 0.05) is 11.6 Å². The molecule has 1 aliphatic rings. The monoisotopic (exact) mass is 293 g/mol. The smallest absolute Gasteiger partial charge is 0.164 e. The first kappa shape index (κ1) is 15.5. The van der Waals surface area contributed by atoms with Gasteiger partial charge in [0.15, 0.2) is 11.5 Å². The molecule has 0 spiro atoms. The molecule has 1 N–H and O–H groups in total. The molecule has 2 rings (SSSR count). The summed E-state index contributed by atoms with van der Waals surface area (Å²) in [5, 5.41) is 3.33. The van der Waals surface area contributed by atoms with Gasteiger partial charge in [0.1, 0.15) is 5.75 Å². The maximum Gasteiger partial charge on any atom is 0.164 e. The predicted octanol–water partition coefficient (Wildman–Crippen LogP) is 2.67. The summed E-state index contributed by atoms with van der Waals surface area (Å²) >= 11 is 0. The highest BCUT2D eigenvalue weighted by atomic mass is 16.5. The molecular formula is C16H23NO4. The van der Waals surface area contributed by atoms with Gasteiger partial charge in [-0.1, -0.05) is 0 Å². The summed E-state index contributed by atoms with van der Waals surface area (Å²) in [5.41, 5.74) is 2.21. The highest BCUT2D eigenvalue weighted by Crippen LogP contribution is 2.40. The maximum absolute atomic E-state index is 5.52. The van der Waals surface area contributed by atoms with Crippen LogP contribution in [0.5, 0.6) is 17.2 Å². The molecule has 1 aromatic carbocycles. The third-order valence-electron chi connectivity index (χ3n) is 3.67. The zero-order valence-electron chi connectivity index (χ0n) is 13.1. The Morgan fingerprint density at radius 1 is 1.05 bits per heavy atom. The number of hydrogen-bond donors (Lipinski definition) is 1. The first-order chi connectivity index (χ1) is 10.2. The van der Waals surface area contributed by atoms with E-state index in [-0.39, 0.29) is 6.04 Å². The number of nitrogens with one attached hydrogen (secondary N) is 1. The summed E-state index contributed by atoms with van der Waals surface area (Å²) in [6.45, 7) is 0.781. The van der Waals surface area contributed by atoms with Crippen molar-refractivity contribution in [2.75, 3.05) is 35.0 Å². The number of rotatable bonds is 6. The molecule has 0 amide bonds. The quantitative estimate of drug-likeness (QED) is 0.874. The number of hydrogen-bond acceptors (Lipinski definition) is 5. The molecule has 1 aromatic rings. The second kappa shape index (κ2) is 7.22. The molecule has 5 nitrogen and oxygen atoms in total. The van der Waals surface area contributed by atoms with Crippen molar-refractivity contribution in [3.8, 4) is 17.2 Å². The van der Waals surface area contributed by atoms with E-state index in [1.807, 2.05) is 25.4 Å². The standard InChI is InChI=1S/C16H23NO4/c1-17-16(11-6-5-7-21-10-11)12-8-14(19-3)15(20-4)9-13(12)18-2/h8-10,16-17H,5-7H2,1-4H3. The van der Waals surface area contributed by atoms with Crippen LogP contribution >= 0.6 is 0 Å². The van der Waals surface area contributed by atoms with Gasteiger partial charge in [0.05, 0.1) is 40.2 Å². The van der Waals surface area contributed by atoms with Gasteiger partial charge in [-0.2, -0.15) is 0 Å². The molecule has 0 saturated carbocycles. The number of likely N-dealkylation sites (N-methyl/N-ethyl adjacent to an activating group) is 1. The SMILES string of the molecule is CNC(C1=COCCC1)c1cc(OC)c(OC)cc1OC. The van der Waals surface area contributed by atoms with Crippen LogP contribution in [0.4, 0.5) is 0 Å². The molecule has 116 valence electrons. The van der Waals surface area contributed by atoms with E-state index in [2.05, 4.69) is 5.32 Å². The fraction of sp³-hybridized carbons (Fsp3) is 0.500. The third-order valence-corrected chi connectivity index (χ3v) is 3.67. The van der Waals surface area contributed by atoms with Gasteiger partial charge < -0.3 is 24.3 Å². The third kappa shape index (κ3) is 3.24. The lowest BCUT2D eigenvalue weighted by Gasteiger charge is -2.25. The van der Waals surface area contributed by atoms with Crippen LogP contribution in [-0.4, -0.2) is 35.0 Å². The molecule has 0 aromatic heterocycles. The fourth-order valence-electron chi connectivity index (χ4n) is 2.62. The Labute approximate surface area is 125 Å². The van der Waals surface area contributed by atoms with Gasteiger partial charge in [0.25, 0.3) is 0 Å². The Morgan fingerprint density at radius 2 is 1.71 bits per heavy atom. The number of benzene rings is 1. The van der Waals surface area contributed by atoms with Crippen LogP contribution in [0.2, 0.25) is 0 Å². The van der Waals surface area contributed by atoms with Crippen molar-refractivity contribution in [1.29, 1.82) is 0 Å². The van der Waals surface area contributed by atoms with Crippen molar-refractivity contribution in [1.82, 2.24) is 5.32 Å². The van der Waals surface area contributed by atoms with Gasteiger partial charge in [-0.15, -0.1) is 0 Å². The zero-order valence-corrected chi connectivity index (χ0v) is 13.1. The fourth-order valence-corrected chi connectivity index (χ4v) is 2.62. The van der Waals surface area contributed by atoms with E-state index in [0.29, 0.717) is 11.5 Å². The molecule has 1 aliphatic heterocycles. The minimum Gasteiger partial charge on any atom is -0.501 e. The van der Waals surface area contributed by atoms with Crippen LogP contribution in [0.25, 0.3) is 0 Å². The Hall–Kier alpha value is -1.88. The van der Waals surface area contributed by atoms with E-state index in [1.165, 1.54) is 5.57 Å². The van der Waals surface area contributed by atoms with E-state index in [9.17, 15) is 0 Å². The zero-order chi connectivity index (χ0) is 15.2. The lowest BCUT2D eigenvalue weighted by molar-refractivity contribution is 0.219. The Balaban J connectivity index is 2.46. The molecule has 1 heterocycles. The summed E-state index contributed by atoms with van der Waals surface area (Å²) in [4.78, 5) is 0. The van der Waals surface area contributed by atoms with E-state index < -0.39 is 0 Å². The van der Waals surface area contributed by atoms with E-state index in [1.54, 1.807) is 21.3 Å². The second-order valence-corrected chi connectivity index (χ2v) is 4.84. The van der Waals surface area contributed by atoms with Gasteiger partial charge in [0.2, 0.25) is 0 Å². The minimum atomic E-state index is 0.0278. The molecule has 1 atom stereocenters. The summed E-state index contributed by atoms with van der Waals surface area (Å²) in [5.74, 6) is 2.10. The predicted molar refractivity (Wildman–Crippen MR) is 81.2 cm³/mol. The normalized spacial score (nSPS) is 15.7. The summed E-state index contributed by atoms with van der Waals surface area (Å²) in [6.07, 6.45) is 3.88. The lowest BCUT2D eigenvalue weighted by atomic mass is 9.94. The van der Waals surface area contributed by atoms with Gasteiger partial charge in [-0.05, 0) is 31.5 Å². The number of methoxy groups -OCH3 is 3. The van der Waals surface area contributed by atoms with Crippen LogP contribution in [0, 0.1) is 0 Å². The Bertz CT molecular complexity index is 513. The molecule has 0 fully saturated rings. The largest absolute Gasteiger partial charge is 0.501 e. The lowest BCUT2D eigenvalue weighted by Crippen LogP contribution is -2.21.